The summed E-state index contributed by atoms with van der Waals surface area (Å²) in [5.74, 6) is -1.17. The lowest BCUT2D eigenvalue weighted by Gasteiger charge is -2.41. The number of hydrogen-bond acceptors (Lipinski definition) is 5. The van der Waals surface area contributed by atoms with E-state index in [0.717, 1.165) is 17.0 Å². The number of nitrogens with zero attached hydrogens (tertiary/aromatic N) is 3. The number of nitrogens with one attached hydrogen (secondary N) is 1. The number of hydrogen-bond donors (Lipinski definition) is 2. The van der Waals surface area contributed by atoms with Gasteiger partial charge in [0.15, 0.2) is 5.65 Å². The van der Waals surface area contributed by atoms with Crippen molar-refractivity contribution in [2.24, 2.45) is 0 Å². The van der Waals surface area contributed by atoms with E-state index in [4.69, 9.17) is 4.98 Å². The van der Waals surface area contributed by atoms with Gasteiger partial charge in [-0.15, -0.1) is 11.3 Å². The average molecular weight is 398 g/mol. The zero-order valence-electron chi connectivity index (χ0n) is 15.8. The molecule has 0 bridgehead atoms. The van der Waals surface area contributed by atoms with Crippen LogP contribution in [-0.2, 0) is 4.79 Å². The quantitative estimate of drug-likeness (QED) is 0.657. The molecule has 1 fully saturated rings. The van der Waals surface area contributed by atoms with Crippen molar-refractivity contribution in [2.75, 3.05) is 0 Å². The molecule has 3 aromatic heterocycles. The number of aliphatic carboxylic acids is 1. The molecule has 0 radical (unpaired) electrons. The molecule has 0 unspecified atom stereocenters. The van der Waals surface area contributed by atoms with Gasteiger partial charge in [-0.05, 0) is 50.6 Å². The third-order valence-electron chi connectivity index (χ3n) is 5.25. The summed E-state index contributed by atoms with van der Waals surface area (Å²) in [6, 6.07) is 5.79. The van der Waals surface area contributed by atoms with Gasteiger partial charge in [0.2, 0.25) is 0 Å². The minimum atomic E-state index is -0.897. The van der Waals surface area contributed by atoms with E-state index in [0.29, 0.717) is 29.4 Å². The van der Waals surface area contributed by atoms with Crippen molar-refractivity contribution in [1.82, 2.24) is 20.1 Å². The molecule has 0 atom stereocenters. The summed E-state index contributed by atoms with van der Waals surface area (Å²) in [6.07, 6.45) is 3.89. The number of carboxylic acids is 1. The van der Waals surface area contributed by atoms with Crippen LogP contribution >= 0.6 is 11.3 Å². The van der Waals surface area contributed by atoms with Crippen LogP contribution in [0.3, 0.4) is 0 Å². The van der Waals surface area contributed by atoms with Gasteiger partial charge >= 0.3 is 5.97 Å². The van der Waals surface area contributed by atoms with E-state index in [1.165, 1.54) is 0 Å². The molecule has 3 aromatic rings. The molecule has 7 nitrogen and oxygen atoms in total. The standard InChI is InChI=1S/C20H22N4O3S/c1-12(2)24-18-14(11-21-24)13(9-15(22-18)16-5-3-8-28-16)19(27)23-20(6-4-7-20)10-17(25)26/h3,5,8-9,11-12H,4,6-7,10H2,1-2H3,(H,23,27)(H,25,26). The summed E-state index contributed by atoms with van der Waals surface area (Å²) in [7, 11) is 0. The average Bonchev–Trinajstić information content (AvgIpc) is 3.27. The summed E-state index contributed by atoms with van der Waals surface area (Å²) in [5.41, 5.74) is 1.20. The Bertz CT molecular complexity index is 1040. The number of aromatic nitrogens is 3. The lowest BCUT2D eigenvalue weighted by Crippen LogP contribution is -2.54. The van der Waals surface area contributed by atoms with Crippen molar-refractivity contribution in [3.05, 3.63) is 35.3 Å². The van der Waals surface area contributed by atoms with E-state index < -0.39 is 11.5 Å². The van der Waals surface area contributed by atoms with E-state index in [2.05, 4.69) is 10.4 Å². The summed E-state index contributed by atoms with van der Waals surface area (Å²) in [4.78, 5) is 30.2. The van der Waals surface area contributed by atoms with Crippen LogP contribution in [0.1, 0.15) is 55.9 Å². The zero-order valence-corrected chi connectivity index (χ0v) is 16.6. The summed E-state index contributed by atoms with van der Waals surface area (Å²) >= 11 is 1.56. The number of rotatable bonds is 6. The first-order valence-electron chi connectivity index (χ1n) is 9.35. The Morgan fingerprint density at radius 3 is 2.75 bits per heavy atom. The number of carboxylic acid groups (broad SMARTS) is 1. The Hall–Kier alpha value is -2.74. The van der Waals surface area contributed by atoms with Crippen molar-refractivity contribution in [1.29, 1.82) is 0 Å². The molecule has 0 saturated heterocycles. The van der Waals surface area contributed by atoms with Gasteiger partial charge in [0, 0.05) is 6.04 Å². The van der Waals surface area contributed by atoms with E-state index in [1.54, 1.807) is 28.3 Å². The Morgan fingerprint density at radius 2 is 2.18 bits per heavy atom. The maximum atomic E-state index is 13.2. The fraction of sp³-hybridized carbons (Fsp3) is 0.400. The monoisotopic (exact) mass is 398 g/mol. The van der Waals surface area contributed by atoms with E-state index in [-0.39, 0.29) is 18.4 Å². The van der Waals surface area contributed by atoms with Gasteiger partial charge in [-0.1, -0.05) is 6.07 Å². The molecule has 1 amide bonds. The van der Waals surface area contributed by atoms with Crippen molar-refractivity contribution in [3.8, 4) is 10.6 Å². The van der Waals surface area contributed by atoms with Gasteiger partial charge < -0.3 is 10.4 Å². The number of carbonyl (C=O) groups is 2. The van der Waals surface area contributed by atoms with Crippen LogP contribution in [-0.4, -0.2) is 37.3 Å². The van der Waals surface area contributed by atoms with Crippen LogP contribution in [0.5, 0.6) is 0 Å². The Morgan fingerprint density at radius 1 is 1.39 bits per heavy atom. The Kier molecular flexibility index (Phi) is 4.66. The van der Waals surface area contributed by atoms with Gasteiger partial charge in [-0.3, -0.25) is 9.59 Å². The number of carbonyl (C=O) groups excluding carboxylic acids is 1. The highest BCUT2D eigenvalue weighted by Gasteiger charge is 2.40. The first kappa shape index (κ1) is 18.6. The lowest BCUT2D eigenvalue weighted by atomic mass is 9.74. The zero-order chi connectivity index (χ0) is 19.9. The third-order valence-corrected chi connectivity index (χ3v) is 6.15. The molecular weight excluding hydrogens is 376 g/mol. The third kappa shape index (κ3) is 3.28. The molecule has 146 valence electrons. The topological polar surface area (TPSA) is 97.1 Å². The van der Waals surface area contributed by atoms with E-state index >= 15 is 0 Å². The van der Waals surface area contributed by atoms with E-state index in [1.807, 2.05) is 31.4 Å². The van der Waals surface area contributed by atoms with Crippen molar-refractivity contribution < 1.29 is 14.7 Å². The molecule has 0 spiro atoms. The van der Waals surface area contributed by atoms with Crippen LogP contribution in [0, 0.1) is 0 Å². The molecular formula is C20H22N4O3S. The summed E-state index contributed by atoms with van der Waals surface area (Å²) in [6.45, 7) is 4.03. The Labute approximate surface area is 166 Å². The molecule has 0 aliphatic heterocycles. The van der Waals surface area contributed by atoms with Gasteiger partial charge in [-0.2, -0.15) is 5.10 Å². The molecule has 1 saturated carbocycles. The second-order valence-electron chi connectivity index (χ2n) is 7.61. The van der Waals surface area contributed by atoms with Gasteiger partial charge in [0.1, 0.15) is 0 Å². The van der Waals surface area contributed by atoms with Crippen molar-refractivity contribution >= 4 is 34.2 Å². The SMILES string of the molecule is CC(C)n1ncc2c(C(=O)NC3(CC(=O)O)CCC3)cc(-c3cccs3)nc21. The van der Waals surface area contributed by atoms with Gasteiger partial charge in [0.25, 0.3) is 5.91 Å². The maximum Gasteiger partial charge on any atom is 0.305 e. The first-order valence-corrected chi connectivity index (χ1v) is 10.2. The smallest absolute Gasteiger partial charge is 0.305 e. The van der Waals surface area contributed by atoms with Crippen LogP contribution in [0.25, 0.3) is 21.6 Å². The highest BCUT2D eigenvalue weighted by atomic mass is 32.1. The molecule has 8 heteroatoms. The van der Waals surface area contributed by atoms with Gasteiger partial charge in [0.05, 0.1) is 39.7 Å². The second-order valence-corrected chi connectivity index (χ2v) is 8.56. The molecule has 1 aliphatic rings. The highest BCUT2D eigenvalue weighted by Crippen LogP contribution is 2.36. The normalized spacial score (nSPS) is 15.5. The number of amides is 1. The molecule has 3 heterocycles. The van der Waals surface area contributed by atoms with Crippen LogP contribution in [0.4, 0.5) is 0 Å². The highest BCUT2D eigenvalue weighted by molar-refractivity contribution is 7.13. The Balaban J connectivity index is 1.79. The van der Waals surface area contributed by atoms with Crippen molar-refractivity contribution in [2.45, 2.75) is 51.1 Å². The largest absolute Gasteiger partial charge is 0.481 e. The first-order chi connectivity index (χ1) is 13.4. The fourth-order valence-corrected chi connectivity index (χ4v) is 4.37. The van der Waals surface area contributed by atoms with Crippen LogP contribution in [0.15, 0.2) is 29.8 Å². The lowest BCUT2D eigenvalue weighted by molar-refractivity contribution is -0.139. The summed E-state index contributed by atoms with van der Waals surface area (Å²) < 4.78 is 1.81. The van der Waals surface area contributed by atoms with Crippen LogP contribution in [0.2, 0.25) is 0 Å². The molecule has 2 N–H and O–H groups in total. The molecule has 0 aromatic carbocycles. The summed E-state index contributed by atoms with van der Waals surface area (Å²) in [5, 5.41) is 19.3. The van der Waals surface area contributed by atoms with Crippen molar-refractivity contribution in [3.63, 3.8) is 0 Å². The van der Waals surface area contributed by atoms with Gasteiger partial charge in [-0.25, -0.2) is 9.67 Å². The van der Waals surface area contributed by atoms with Crippen LogP contribution < -0.4 is 5.32 Å². The minimum absolute atomic E-state index is 0.0595. The number of pyridine rings is 1. The predicted octanol–water partition coefficient (Wildman–Crippen LogP) is 3.87. The predicted molar refractivity (Wildman–Crippen MR) is 108 cm³/mol. The molecule has 1 aliphatic carbocycles. The maximum absolute atomic E-state index is 13.2. The number of thiophene rings is 1. The molecule has 28 heavy (non-hydrogen) atoms. The second kappa shape index (κ2) is 7.01. The minimum Gasteiger partial charge on any atom is -0.481 e. The van der Waals surface area contributed by atoms with E-state index in [9.17, 15) is 14.7 Å². The molecule has 4 rings (SSSR count). The number of fused-ring (bicyclic) bond motifs is 1. The fourth-order valence-electron chi connectivity index (χ4n) is 3.68.